The molecule has 0 aliphatic carbocycles. The zero-order valence-corrected chi connectivity index (χ0v) is 37.3. The lowest BCUT2D eigenvalue weighted by Crippen LogP contribution is -2.31. The minimum atomic E-state index is -0.402. The van der Waals surface area contributed by atoms with Crippen molar-refractivity contribution in [3.63, 3.8) is 0 Å². The number of unbranched alkanes of at least 4 members (excludes halogenated alkanes) is 32. The van der Waals surface area contributed by atoms with E-state index in [1.165, 1.54) is 199 Å². The number of rotatable bonds is 46. The molecule has 1 amide bonds. The quantitative estimate of drug-likeness (QED) is 0.0478. The molecule has 0 spiro atoms. The molecule has 0 aromatic carbocycles. The fraction of sp³-hybridized carbons (Fsp3) is 0.882. The first kappa shape index (κ1) is 53.6. The summed E-state index contributed by atoms with van der Waals surface area (Å²) < 4.78 is 0. The molecular formula is C51H97NO3. The van der Waals surface area contributed by atoms with Crippen molar-refractivity contribution in [2.45, 2.75) is 283 Å². The number of allylic oxidation sites excluding steroid dienone is 4. The van der Waals surface area contributed by atoms with E-state index < -0.39 is 6.10 Å². The lowest BCUT2D eigenvalue weighted by Gasteiger charge is -2.12. The highest BCUT2D eigenvalue weighted by Gasteiger charge is 2.07. The minimum Gasteiger partial charge on any atom is -0.391 e. The molecule has 0 saturated carbocycles. The second-order valence-electron chi connectivity index (χ2n) is 17.1. The van der Waals surface area contributed by atoms with Gasteiger partial charge >= 0.3 is 0 Å². The summed E-state index contributed by atoms with van der Waals surface area (Å²) in [7, 11) is 0. The summed E-state index contributed by atoms with van der Waals surface area (Å²) in [5.41, 5.74) is 0. The van der Waals surface area contributed by atoms with Crippen LogP contribution in [0.5, 0.6) is 0 Å². The number of carbonyl (C=O) groups excluding carboxylic acids is 2. The third-order valence-electron chi connectivity index (χ3n) is 11.4. The highest BCUT2D eigenvalue weighted by Crippen LogP contribution is 2.16. The first-order valence-corrected chi connectivity index (χ1v) is 24.9. The number of carbonyl (C=O) groups is 2. The van der Waals surface area contributed by atoms with Crippen LogP contribution in [0.25, 0.3) is 0 Å². The summed E-state index contributed by atoms with van der Waals surface area (Å²) in [4.78, 5) is 24.4. The minimum absolute atomic E-state index is 0.0985. The van der Waals surface area contributed by atoms with Gasteiger partial charge in [0.15, 0.2) is 0 Å². The molecule has 0 radical (unpaired) electrons. The van der Waals surface area contributed by atoms with Crippen LogP contribution in [-0.2, 0) is 9.59 Å². The largest absolute Gasteiger partial charge is 0.391 e. The van der Waals surface area contributed by atoms with Crippen molar-refractivity contribution in [2.75, 3.05) is 6.54 Å². The molecule has 0 fully saturated rings. The van der Waals surface area contributed by atoms with E-state index in [2.05, 4.69) is 43.5 Å². The second-order valence-corrected chi connectivity index (χ2v) is 17.1. The zero-order valence-electron chi connectivity index (χ0n) is 37.3. The highest BCUT2D eigenvalue weighted by atomic mass is 16.3. The van der Waals surface area contributed by atoms with Crippen LogP contribution >= 0.6 is 0 Å². The summed E-state index contributed by atoms with van der Waals surface area (Å²) >= 11 is 0. The van der Waals surface area contributed by atoms with Gasteiger partial charge in [-0.15, -0.1) is 0 Å². The van der Waals surface area contributed by atoms with Crippen molar-refractivity contribution < 1.29 is 14.7 Å². The van der Waals surface area contributed by atoms with Crippen molar-refractivity contribution in [1.29, 1.82) is 0 Å². The number of amides is 1. The van der Waals surface area contributed by atoms with Crippen LogP contribution in [0.1, 0.15) is 277 Å². The average molecular weight is 772 g/mol. The Hall–Kier alpha value is -1.42. The van der Waals surface area contributed by atoms with Gasteiger partial charge in [-0.25, -0.2) is 0 Å². The fourth-order valence-electron chi connectivity index (χ4n) is 7.63. The Morgan fingerprint density at radius 1 is 0.418 bits per heavy atom. The number of hydrogen-bond acceptors (Lipinski definition) is 3. The van der Waals surface area contributed by atoms with E-state index in [1.807, 2.05) is 0 Å². The van der Waals surface area contributed by atoms with Gasteiger partial charge in [0.25, 0.3) is 0 Å². The monoisotopic (exact) mass is 772 g/mol. The highest BCUT2D eigenvalue weighted by molar-refractivity contribution is 5.78. The van der Waals surface area contributed by atoms with Crippen LogP contribution in [0.3, 0.4) is 0 Å². The van der Waals surface area contributed by atoms with Gasteiger partial charge in [-0.2, -0.15) is 0 Å². The van der Waals surface area contributed by atoms with E-state index in [1.54, 1.807) is 0 Å². The van der Waals surface area contributed by atoms with E-state index >= 15 is 0 Å². The number of aliphatic hydroxyl groups excluding tert-OH is 1. The Bertz CT molecular complexity index is 836. The summed E-state index contributed by atoms with van der Waals surface area (Å²) in [6.45, 7) is 4.95. The normalized spacial score (nSPS) is 12.3. The number of aliphatic hydroxyl groups is 1. The number of nitrogens with one attached hydrogen (secondary N) is 1. The standard InChI is InChI=1S/C51H97NO3/c1-3-5-7-9-11-13-15-17-19-21-24-28-32-36-40-44-49(53)45-41-37-33-29-25-22-23-27-31-35-39-43-47-51(55)52-48-50(54)46-42-38-34-30-26-20-18-16-14-12-10-8-6-4-2/h11,13,17,19,50,54H,3-10,12,14-16,18,20-48H2,1-2H3,(H,52,55)/b13-11-,19-17-/t50-/m1/s1. The van der Waals surface area contributed by atoms with Crippen molar-refractivity contribution >= 4 is 11.7 Å². The van der Waals surface area contributed by atoms with Gasteiger partial charge in [0.1, 0.15) is 5.78 Å². The first-order valence-electron chi connectivity index (χ1n) is 24.9. The van der Waals surface area contributed by atoms with Crippen LogP contribution in [-0.4, -0.2) is 29.4 Å². The number of Topliss-reactive ketones (excluding diaryl/α,β-unsaturated/α-hetero) is 1. The molecule has 2 N–H and O–H groups in total. The molecule has 0 saturated heterocycles. The average Bonchev–Trinajstić information content (AvgIpc) is 3.18. The van der Waals surface area contributed by atoms with Crippen LogP contribution in [0, 0.1) is 0 Å². The molecule has 0 unspecified atom stereocenters. The van der Waals surface area contributed by atoms with Gasteiger partial charge in [0.2, 0.25) is 5.91 Å². The van der Waals surface area contributed by atoms with Gasteiger partial charge in [-0.05, 0) is 57.8 Å². The third-order valence-corrected chi connectivity index (χ3v) is 11.4. The van der Waals surface area contributed by atoms with Crippen LogP contribution in [0.2, 0.25) is 0 Å². The summed E-state index contributed by atoms with van der Waals surface area (Å²) in [6.07, 6.45) is 59.0. The van der Waals surface area contributed by atoms with Gasteiger partial charge < -0.3 is 10.4 Å². The topological polar surface area (TPSA) is 66.4 Å². The maximum atomic E-state index is 12.2. The second kappa shape index (κ2) is 47.0. The molecule has 0 bridgehead atoms. The SMILES string of the molecule is CCCCC/C=C\C/C=C\CCCCCCCC(=O)CCCCCCCCCCCCCCC(=O)NC[C@H](O)CCCCCCCCCCCCCCCC. The van der Waals surface area contributed by atoms with E-state index in [9.17, 15) is 14.7 Å². The van der Waals surface area contributed by atoms with Gasteiger partial charge in [0, 0.05) is 25.8 Å². The molecule has 0 aliphatic rings. The zero-order chi connectivity index (χ0) is 40.0. The summed E-state index contributed by atoms with van der Waals surface area (Å²) in [5, 5.41) is 13.2. The van der Waals surface area contributed by atoms with Crippen molar-refractivity contribution in [1.82, 2.24) is 5.32 Å². The van der Waals surface area contributed by atoms with Gasteiger partial charge in [-0.3, -0.25) is 9.59 Å². The Labute approximate surface area is 344 Å². The fourth-order valence-corrected chi connectivity index (χ4v) is 7.63. The molecule has 0 aliphatic heterocycles. The Kier molecular flexibility index (Phi) is 45.7. The Morgan fingerprint density at radius 2 is 0.745 bits per heavy atom. The van der Waals surface area contributed by atoms with E-state index in [-0.39, 0.29) is 5.91 Å². The van der Waals surface area contributed by atoms with E-state index in [0.717, 1.165) is 57.8 Å². The predicted octanol–water partition coefficient (Wildman–Crippen LogP) is 16.2. The molecule has 55 heavy (non-hydrogen) atoms. The first-order chi connectivity index (χ1) is 27.1. The molecule has 0 aromatic heterocycles. The summed E-state index contributed by atoms with van der Waals surface area (Å²) in [6, 6.07) is 0. The number of ketones is 1. The van der Waals surface area contributed by atoms with E-state index in [4.69, 9.17) is 0 Å². The molecule has 0 heterocycles. The molecular weight excluding hydrogens is 675 g/mol. The van der Waals surface area contributed by atoms with Gasteiger partial charge in [-0.1, -0.05) is 224 Å². The molecule has 4 heteroatoms. The smallest absolute Gasteiger partial charge is 0.220 e. The maximum absolute atomic E-state index is 12.2. The van der Waals surface area contributed by atoms with Crippen LogP contribution < -0.4 is 5.32 Å². The van der Waals surface area contributed by atoms with Gasteiger partial charge in [0.05, 0.1) is 6.10 Å². The lowest BCUT2D eigenvalue weighted by atomic mass is 10.0. The third kappa shape index (κ3) is 46.9. The lowest BCUT2D eigenvalue weighted by molar-refractivity contribution is -0.121. The summed E-state index contributed by atoms with van der Waals surface area (Å²) in [5.74, 6) is 0.581. The van der Waals surface area contributed by atoms with Crippen LogP contribution in [0.4, 0.5) is 0 Å². The Morgan fingerprint density at radius 3 is 1.18 bits per heavy atom. The van der Waals surface area contributed by atoms with Crippen molar-refractivity contribution in [3.8, 4) is 0 Å². The van der Waals surface area contributed by atoms with E-state index in [0.29, 0.717) is 18.7 Å². The van der Waals surface area contributed by atoms with Crippen molar-refractivity contribution in [3.05, 3.63) is 24.3 Å². The molecule has 324 valence electrons. The number of hydrogen-bond donors (Lipinski definition) is 2. The van der Waals surface area contributed by atoms with Crippen molar-refractivity contribution in [2.24, 2.45) is 0 Å². The molecule has 0 aromatic rings. The van der Waals surface area contributed by atoms with Crippen LogP contribution in [0.15, 0.2) is 24.3 Å². The molecule has 4 nitrogen and oxygen atoms in total. The maximum Gasteiger partial charge on any atom is 0.220 e. The molecule has 0 rings (SSSR count). The Balaban J connectivity index is 3.33. The molecule has 1 atom stereocenters. The predicted molar refractivity (Wildman–Crippen MR) is 243 cm³/mol.